The molecule has 0 bridgehead atoms. The monoisotopic (exact) mass is 473 g/mol. The predicted octanol–water partition coefficient (Wildman–Crippen LogP) is 5.93. The number of fused-ring (bicyclic) bond motifs is 1. The normalized spacial score (nSPS) is 14.4. The van der Waals surface area contributed by atoms with Gasteiger partial charge in [0.1, 0.15) is 23.4 Å². The third kappa shape index (κ3) is 4.52. The third-order valence-corrected chi connectivity index (χ3v) is 7.20. The summed E-state index contributed by atoms with van der Waals surface area (Å²) in [5.74, 6) is 1.66. The summed E-state index contributed by atoms with van der Waals surface area (Å²) in [7, 11) is 0. The standard InChI is InChI=1S/C28H27NO4S/c1-17(2)14-29-15-23(16-29)33-22-10-5-18(6-11-22)27(32)26-24-12-9-21(31)13-25(24)34-28(26)19-3-7-20(30)8-4-19/h3-13,17,23,30-31H,14-16H2,1-2H3. The molecule has 0 aliphatic carbocycles. The Morgan fingerprint density at radius 2 is 1.68 bits per heavy atom. The Kier molecular flexibility index (Phi) is 6.02. The van der Waals surface area contributed by atoms with E-state index in [1.54, 1.807) is 42.5 Å². The molecule has 174 valence electrons. The van der Waals surface area contributed by atoms with Crippen molar-refractivity contribution in [1.82, 2.24) is 4.90 Å². The van der Waals surface area contributed by atoms with Crippen LogP contribution >= 0.6 is 11.3 Å². The van der Waals surface area contributed by atoms with Crippen molar-refractivity contribution in [3.63, 3.8) is 0 Å². The van der Waals surface area contributed by atoms with Crippen molar-refractivity contribution in [3.8, 4) is 27.7 Å². The molecule has 0 saturated carbocycles. The third-order valence-electron chi connectivity index (χ3n) is 6.00. The Morgan fingerprint density at radius 3 is 2.35 bits per heavy atom. The number of ketones is 1. The first-order valence-electron chi connectivity index (χ1n) is 11.5. The highest BCUT2D eigenvalue weighted by atomic mass is 32.1. The Bertz CT molecular complexity index is 1320. The van der Waals surface area contributed by atoms with E-state index in [2.05, 4.69) is 18.7 Å². The fourth-order valence-electron chi connectivity index (χ4n) is 4.41. The van der Waals surface area contributed by atoms with E-state index in [4.69, 9.17) is 4.74 Å². The van der Waals surface area contributed by atoms with Gasteiger partial charge in [-0.15, -0.1) is 11.3 Å². The van der Waals surface area contributed by atoms with Crippen LogP contribution in [-0.4, -0.2) is 46.6 Å². The molecule has 2 heterocycles. The number of ether oxygens (including phenoxy) is 1. The molecule has 0 radical (unpaired) electrons. The van der Waals surface area contributed by atoms with Crippen molar-refractivity contribution in [1.29, 1.82) is 0 Å². The number of carbonyl (C=O) groups is 1. The van der Waals surface area contributed by atoms with Crippen molar-refractivity contribution in [3.05, 3.63) is 77.9 Å². The molecule has 2 N–H and O–H groups in total. The molecule has 6 heteroatoms. The number of likely N-dealkylation sites (tertiary alicyclic amines) is 1. The van der Waals surface area contributed by atoms with Gasteiger partial charge in [0.25, 0.3) is 0 Å². The van der Waals surface area contributed by atoms with Gasteiger partial charge in [-0.3, -0.25) is 9.69 Å². The molecule has 4 aromatic rings. The van der Waals surface area contributed by atoms with Crippen LogP contribution in [0.4, 0.5) is 0 Å². The zero-order valence-electron chi connectivity index (χ0n) is 19.2. The van der Waals surface area contributed by atoms with Crippen LogP contribution < -0.4 is 4.74 Å². The van der Waals surface area contributed by atoms with Gasteiger partial charge in [0.2, 0.25) is 0 Å². The first kappa shape index (κ1) is 22.4. The van der Waals surface area contributed by atoms with Gasteiger partial charge < -0.3 is 14.9 Å². The first-order valence-corrected chi connectivity index (χ1v) is 12.3. The number of phenols is 2. The summed E-state index contributed by atoms with van der Waals surface area (Å²) in [4.78, 5) is 16.9. The number of phenolic OH excluding ortho intramolecular Hbond substituents is 2. The lowest BCUT2D eigenvalue weighted by atomic mass is 9.97. The lowest BCUT2D eigenvalue weighted by Crippen LogP contribution is -2.54. The number of rotatable bonds is 7. The highest BCUT2D eigenvalue weighted by molar-refractivity contribution is 7.22. The minimum absolute atomic E-state index is 0.0849. The molecule has 5 rings (SSSR count). The summed E-state index contributed by atoms with van der Waals surface area (Å²) in [5.41, 5.74) is 2.02. The van der Waals surface area contributed by atoms with E-state index < -0.39 is 0 Å². The summed E-state index contributed by atoms with van der Waals surface area (Å²) in [6.45, 7) is 7.39. The largest absolute Gasteiger partial charge is 0.508 e. The number of hydrogen-bond donors (Lipinski definition) is 2. The van der Waals surface area contributed by atoms with E-state index in [0.29, 0.717) is 17.0 Å². The summed E-state index contributed by atoms with van der Waals surface area (Å²) in [6.07, 6.45) is 0.190. The van der Waals surface area contributed by atoms with Gasteiger partial charge in [-0.25, -0.2) is 0 Å². The minimum atomic E-state index is -0.0849. The first-order chi connectivity index (χ1) is 16.4. The maximum atomic E-state index is 13.7. The van der Waals surface area contributed by atoms with E-state index >= 15 is 0 Å². The van der Waals surface area contributed by atoms with E-state index in [1.807, 2.05) is 24.3 Å². The molecule has 1 saturated heterocycles. The van der Waals surface area contributed by atoms with Gasteiger partial charge in [-0.05, 0) is 78.2 Å². The van der Waals surface area contributed by atoms with Gasteiger partial charge in [-0.2, -0.15) is 0 Å². The number of aromatic hydroxyl groups is 2. The van der Waals surface area contributed by atoms with Crippen LogP contribution in [-0.2, 0) is 0 Å². The fourth-order valence-corrected chi connectivity index (χ4v) is 5.65. The van der Waals surface area contributed by atoms with Crippen molar-refractivity contribution in [2.75, 3.05) is 19.6 Å². The quantitative estimate of drug-likeness (QED) is 0.326. The van der Waals surface area contributed by atoms with Gasteiger partial charge >= 0.3 is 0 Å². The highest BCUT2D eigenvalue weighted by Crippen LogP contribution is 2.41. The number of carbonyl (C=O) groups excluding carboxylic acids is 1. The van der Waals surface area contributed by atoms with Gasteiger partial charge in [0.15, 0.2) is 5.78 Å². The van der Waals surface area contributed by atoms with Crippen LogP contribution in [0.25, 0.3) is 20.5 Å². The molecular weight excluding hydrogens is 446 g/mol. The van der Waals surface area contributed by atoms with Crippen LogP contribution in [0.1, 0.15) is 29.8 Å². The lowest BCUT2D eigenvalue weighted by molar-refractivity contribution is 0.0131. The number of hydrogen-bond acceptors (Lipinski definition) is 6. The number of benzene rings is 3. The average Bonchev–Trinajstić information content (AvgIpc) is 3.16. The van der Waals surface area contributed by atoms with E-state index in [0.717, 1.165) is 45.9 Å². The fraction of sp³-hybridized carbons (Fsp3) is 0.250. The molecule has 0 unspecified atom stereocenters. The molecule has 1 aliphatic rings. The summed E-state index contributed by atoms with van der Waals surface area (Å²) in [6, 6.07) is 19.2. The number of thiophene rings is 1. The van der Waals surface area contributed by atoms with E-state index in [1.165, 1.54) is 11.3 Å². The van der Waals surface area contributed by atoms with Crippen LogP contribution in [0.5, 0.6) is 17.2 Å². The molecular formula is C28H27NO4S. The van der Waals surface area contributed by atoms with Crippen molar-refractivity contribution in [2.45, 2.75) is 20.0 Å². The molecule has 0 spiro atoms. The second-order valence-corrected chi connectivity index (χ2v) is 10.3. The SMILES string of the molecule is CC(C)CN1CC(Oc2ccc(C(=O)c3c(-c4ccc(O)cc4)sc4cc(O)ccc34)cc2)C1. The molecule has 0 amide bonds. The van der Waals surface area contributed by atoms with Crippen molar-refractivity contribution >= 4 is 27.2 Å². The molecule has 0 atom stereocenters. The van der Waals surface area contributed by atoms with Gasteiger partial charge in [-0.1, -0.05) is 13.8 Å². The maximum absolute atomic E-state index is 13.7. The summed E-state index contributed by atoms with van der Waals surface area (Å²) < 4.78 is 6.91. The number of nitrogens with zero attached hydrogens (tertiary/aromatic N) is 1. The molecule has 5 nitrogen and oxygen atoms in total. The molecule has 3 aromatic carbocycles. The minimum Gasteiger partial charge on any atom is -0.508 e. The highest BCUT2D eigenvalue weighted by Gasteiger charge is 2.28. The van der Waals surface area contributed by atoms with Crippen LogP contribution in [0.15, 0.2) is 66.7 Å². The smallest absolute Gasteiger partial charge is 0.195 e. The Balaban J connectivity index is 1.41. The van der Waals surface area contributed by atoms with Crippen molar-refractivity contribution in [2.24, 2.45) is 5.92 Å². The van der Waals surface area contributed by atoms with Crippen molar-refractivity contribution < 1.29 is 19.7 Å². The lowest BCUT2D eigenvalue weighted by Gasteiger charge is -2.39. The topological polar surface area (TPSA) is 70.0 Å². The zero-order valence-corrected chi connectivity index (χ0v) is 20.0. The van der Waals surface area contributed by atoms with Crippen LogP contribution in [0.2, 0.25) is 0 Å². The molecule has 1 aromatic heterocycles. The summed E-state index contributed by atoms with van der Waals surface area (Å²) in [5, 5.41) is 20.4. The second-order valence-electron chi connectivity index (χ2n) is 9.24. The van der Waals surface area contributed by atoms with E-state index in [9.17, 15) is 15.0 Å². The van der Waals surface area contributed by atoms with Crippen LogP contribution in [0, 0.1) is 5.92 Å². The Labute approximate surface area is 202 Å². The van der Waals surface area contributed by atoms with E-state index in [-0.39, 0.29) is 23.4 Å². The molecule has 1 fully saturated rings. The zero-order chi connectivity index (χ0) is 23.8. The summed E-state index contributed by atoms with van der Waals surface area (Å²) >= 11 is 1.45. The predicted molar refractivity (Wildman–Crippen MR) is 136 cm³/mol. The van der Waals surface area contributed by atoms with Crippen LogP contribution in [0.3, 0.4) is 0 Å². The average molecular weight is 474 g/mol. The molecule has 1 aliphatic heterocycles. The molecule has 34 heavy (non-hydrogen) atoms. The Hall–Kier alpha value is -3.35. The second kappa shape index (κ2) is 9.12. The maximum Gasteiger partial charge on any atom is 0.195 e. The van der Waals surface area contributed by atoms with Gasteiger partial charge in [0.05, 0.1) is 0 Å². The van der Waals surface area contributed by atoms with Gasteiger partial charge in [0, 0.05) is 45.7 Å². The Morgan fingerprint density at radius 1 is 1.00 bits per heavy atom.